The van der Waals surface area contributed by atoms with Crippen LogP contribution in [0.4, 0.5) is 10.5 Å². The van der Waals surface area contributed by atoms with Crippen LogP contribution in [0.2, 0.25) is 15.1 Å². The van der Waals surface area contributed by atoms with Gasteiger partial charge >= 0.3 is 6.03 Å². The van der Waals surface area contributed by atoms with Gasteiger partial charge < -0.3 is 0 Å². The Morgan fingerprint density at radius 1 is 1.04 bits per heavy atom. The third kappa shape index (κ3) is 4.34. The summed E-state index contributed by atoms with van der Waals surface area (Å²) in [5.74, 6) is -0.756. The maximum Gasteiger partial charge on any atom is 0.340 e. The first-order valence-electron chi connectivity index (χ1n) is 6.83. The smallest absolute Gasteiger partial charge is 0.286 e. The lowest BCUT2D eigenvalue weighted by Crippen LogP contribution is -2.47. The molecular formula is C16H11Cl3N4O2. The molecule has 2 aromatic rings. The molecule has 128 valence electrons. The minimum atomic E-state index is -0.827. The largest absolute Gasteiger partial charge is 0.340 e. The molecule has 0 bridgehead atoms. The van der Waals surface area contributed by atoms with Gasteiger partial charge in [0, 0.05) is 7.05 Å². The summed E-state index contributed by atoms with van der Waals surface area (Å²) in [5, 5.41) is 13.0. The molecule has 0 heterocycles. The van der Waals surface area contributed by atoms with Crippen molar-refractivity contribution in [2.75, 3.05) is 12.1 Å². The highest BCUT2D eigenvalue weighted by Crippen LogP contribution is 2.25. The van der Waals surface area contributed by atoms with Gasteiger partial charge in [0.05, 0.1) is 31.9 Å². The van der Waals surface area contributed by atoms with Crippen LogP contribution in [0.25, 0.3) is 0 Å². The Balaban J connectivity index is 2.12. The molecule has 6 nitrogen and oxygen atoms in total. The van der Waals surface area contributed by atoms with Crippen LogP contribution in [-0.4, -0.2) is 19.0 Å². The average Bonchev–Trinajstić information content (AvgIpc) is 2.54. The van der Waals surface area contributed by atoms with Crippen LogP contribution >= 0.6 is 34.8 Å². The molecule has 2 N–H and O–H groups in total. The maximum atomic E-state index is 12.2. The normalized spacial score (nSPS) is 9.88. The van der Waals surface area contributed by atoms with E-state index in [1.54, 1.807) is 24.3 Å². The lowest BCUT2D eigenvalue weighted by atomic mass is 10.2. The fraction of sp³-hybridized carbons (Fsp3) is 0.0625. The van der Waals surface area contributed by atoms with Gasteiger partial charge in [-0.2, -0.15) is 5.26 Å². The summed E-state index contributed by atoms with van der Waals surface area (Å²) < 4.78 is 0. The zero-order chi connectivity index (χ0) is 18.6. The minimum Gasteiger partial charge on any atom is -0.286 e. The molecule has 0 fully saturated rings. The molecule has 0 radical (unpaired) electrons. The molecule has 2 aromatic carbocycles. The molecule has 0 saturated carbocycles. The fourth-order valence-corrected chi connectivity index (χ4v) is 2.80. The molecule has 0 aliphatic heterocycles. The third-order valence-corrected chi connectivity index (χ3v) is 4.10. The van der Waals surface area contributed by atoms with Gasteiger partial charge in [-0.05, 0) is 24.3 Å². The first-order valence-corrected chi connectivity index (χ1v) is 7.97. The van der Waals surface area contributed by atoms with Crippen molar-refractivity contribution >= 4 is 52.4 Å². The topological polar surface area (TPSA) is 85.2 Å². The van der Waals surface area contributed by atoms with Gasteiger partial charge in [0.1, 0.15) is 6.07 Å². The lowest BCUT2D eigenvalue weighted by Gasteiger charge is -2.21. The minimum absolute atomic E-state index is 0.0101. The number of urea groups is 1. The molecule has 0 atom stereocenters. The SMILES string of the molecule is CN(NC(=O)NC(=O)c1c(Cl)cccc1Cl)c1cccc(Cl)c1C#N. The molecule has 0 spiro atoms. The van der Waals surface area contributed by atoms with Crippen LogP contribution in [0.3, 0.4) is 0 Å². The Bertz CT molecular complexity index is 860. The number of carbonyl (C=O) groups excluding carboxylic acids is 2. The van der Waals surface area contributed by atoms with E-state index in [4.69, 9.17) is 40.1 Å². The molecule has 25 heavy (non-hydrogen) atoms. The van der Waals surface area contributed by atoms with E-state index in [2.05, 4.69) is 10.7 Å². The number of nitrogens with zero attached hydrogens (tertiary/aromatic N) is 2. The van der Waals surface area contributed by atoms with E-state index in [1.165, 1.54) is 24.2 Å². The van der Waals surface area contributed by atoms with Crippen LogP contribution < -0.4 is 15.8 Å². The second kappa shape index (κ2) is 8.08. The predicted molar refractivity (Wildman–Crippen MR) is 97.0 cm³/mol. The summed E-state index contributed by atoms with van der Waals surface area (Å²) in [4.78, 5) is 24.2. The highest BCUT2D eigenvalue weighted by molar-refractivity contribution is 6.40. The number of hydrogen-bond acceptors (Lipinski definition) is 4. The third-order valence-electron chi connectivity index (χ3n) is 3.15. The number of hydrazine groups is 1. The van der Waals surface area contributed by atoms with Gasteiger partial charge in [-0.25, -0.2) is 10.2 Å². The number of nitrogens with one attached hydrogen (secondary N) is 2. The summed E-state index contributed by atoms with van der Waals surface area (Å²) in [6.45, 7) is 0. The van der Waals surface area contributed by atoms with Crippen molar-refractivity contribution in [3.8, 4) is 6.07 Å². The van der Waals surface area contributed by atoms with Crippen molar-refractivity contribution in [2.45, 2.75) is 0 Å². The molecule has 0 saturated heterocycles. The van der Waals surface area contributed by atoms with Crippen molar-refractivity contribution < 1.29 is 9.59 Å². The molecule has 2 rings (SSSR count). The summed E-state index contributed by atoms with van der Waals surface area (Å²) in [6, 6.07) is 10.5. The summed E-state index contributed by atoms with van der Waals surface area (Å²) in [6.07, 6.45) is 0. The second-order valence-corrected chi connectivity index (χ2v) is 6.02. The van der Waals surface area contributed by atoms with E-state index in [9.17, 15) is 9.59 Å². The standard InChI is InChI=1S/C16H11Cl3N4O2/c1-23(13-7-3-4-10(17)9(13)8-20)22-16(25)21-15(24)14-11(18)5-2-6-12(14)19/h2-7H,1H3,(H2,21,22,24,25). The van der Waals surface area contributed by atoms with Gasteiger partial charge in [0.15, 0.2) is 0 Å². The van der Waals surface area contributed by atoms with Gasteiger partial charge in [-0.3, -0.25) is 15.1 Å². The van der Waals surface area contributed by atoms with Crippen LogP contribution in [0.5, 0.6) is 0 Å². The van der Waals surface area contributed by atoms with Gasteiger partial charge in [0.2, 0.25) is 0 Å². The first-order chi connectivity index (χ1) is 11.8. The van der Waals surface area contributed by atoms with E-state index < -0.39 is 11.9 Å². The van der Waals surface area contributed by atoms with Crippen LogP contribution in [0.1, 0.15) is 15.9 Å². The lowest BCUT2D eigenvalue weighted by molar-refractivity contribution is 0.0964. The van der Waals surface area contributed by atoms with E-state index >= 15 is 0 Å². The molecule has 0 aromatic heterocycles. The predicted octanol–water partition coefficient (Wildman–Crippen LogP) is 4.01. The summed E-state index contributed by atoms with van der Waals surface area (Å²) in [5.41, 5.74) is 2.95. The monoisotopic (exact) mass is 396 g/mol. The van der Waals surface area contributed by atoms with Crippen LogP contribution in [0.15, 0.2) is 36.4 Å². The highest BCUT2D eigenvalue weighted by atomic mass is 35.5. The van der Waals surface area contributed by atoms with Crippen molar-refractivity contribution in [3.05, 3.63) is 62.6 Å². The van der Waals surface area contributed by atoms with E-state index in [0.717, 1.165) is 0 Å². The highest BCUT2D eigenvalue weighted by Gasteiger charge is 2.18. The van der Waals surface area contributed by atoms with Gasteiger partial charge in [-0.15, -0.1) is 0 Å². The summed E-state index contributed by atoms with van der Waals surface area (Å²) in [7, 11) is 1.50. The van der Waals surface area contributed by atoms with Gasteiger partial charge in [-0.1, -0.05) is 46.9 Å². The molecule has 0 unspecified atom stereocenters. The first kappa shape index (κ1) is 18.9. The number of amides is 3. The average molecular weight is 398 g/mol. The number of nitriles is 1. The zero-order valence-corrected chi connectivity index (χ0v) is 15.1. The quantitative estimate of drug-likeness (QED) is 0.766. The Hall–Kier alpha value is -2.46. The van der Waals surface area contributed by atoms with Crippen molar-refractivity contribution in [2.24, 2.45) is 0 Å². The van der Waals surface area contributed by atoms with E-state index in [0.29, 0.717) is 5.69 Å². The number of benzene rings is 2. The molecule has 9 heteroatoms. The zero-order valence-electron chi connectivity index (χ0n) is 12.8. The van der Waals surface area contributed by atoms with E-state index in [1.807, 2.05) is 6.07 Å². The number of hydrogen-bond donors (Lipinski definition) is 2. The number of anilines is 1. The van der Waals surface area contributed by atoms with Gasteiger partial charge in [0.25, 0.3) is 5.91 Å². The summed E-state index contributed by atoms with van der Waals surface area (Å²) >= 11 is 17.8. The number of carbonyl (C=O) groups is 2. The number of halogens is 3. The molecular weight excluding hydrogens is 387 g/mol. The Morgan fingerprint density at radius 3 is 2.20 bits per heavy atom. The van der Waals surface area contributed by atoms with E-state index in [-0.39, 0.29) is 26.2 Å². The van der Waals surface area contributed by atoms with Crippen molar-refractivity contribution in [1.29, 1.82) is 5.26 Å². The Kier molecular flexibility index (Phi) is 6.10. The molecule has 3 amide bonds. The Labute approximate surface area is 158 Å². The van der Waals surface area contributed by atoms with Crippen molar-refractivity contribution in [1.82, 2.24) is 10.7 Å². The number of imide groups is 1. The van der Waals surface area contributed by atoms with Crippen LogP contribution in [0, 0.1) is 11.3 Å². The molecule has 0 aliphatic carbocycles. The number of rotatable bonds is 3. The fourth-order valence-electron chi connectivity index (χ4n) is 2.02. The Morgan fingerprint density at radius 2 is 1.60 bits per heavy atom. The van der Waals surface area contributed by atoms with Crippen LogP contribution in [-0.2, 0) is 0 Å². The maximum absolute atomic E-state index is 12.2. The second-order valence-electron chi connectivity index (χ2n) is 4.80. The van der Waals surface area contributed by atoms with Crippen molar-refractivity contribution in [3.63, 3.8) is 0 Å². The molecule has 0 aliphatic rings.